The van der Waals surface area contributed by atoms with E-state index < -0.39 is 5.82 Å². The molecule has 1 aromatic heterocycles. The smallest absolute Gasteiger partial charge is 0.257 e. The van der Waals surface area contributed by atoms with E-state index in [1.807, 2.05) is 37.3 Å². The molecule has 6 nitrogen and oxygen atoms in total. The fourth-order valence-corrected chi connectivity index (χ4v) is 3.40. The quantitative estimate of drug-likeness (QED) is 0.651. The Labute approximate surface area is 174 Å². The number of halogens is 1. The van der Waals surface area contributed by atoms with E-state index in [9.17, 15) is 19.1 Å². The maximum atomic E-state index is 13.4. The van der Waals surface area contributed by atoms with Crippen LogP contribution in [-0.2, 0) is 17.8 Å². The average Bonchev–Trinajstić information content (AvgIpc) is 2.75. The number of aliphatic hydroxyl groups excluding tert-OH is 1. The number of aliphatic hydroxyl groups is 1. The Bertz CT molecular complexity index is 1080. The summed E-state index contributed by atoms with van der Waals surface area (Å²) in [6.07, 6.45) is 0.145. The first-order valence-corrected chi connectivity index (χ1v) is 9.78. The van der Waals surface area contributed by atoms with Gasteiger partial charge in [0.05, 0.1) is 0 Å². The molecule has 0 saturated carbocycles. The van der Waals surface area contributed by atoms with E-state index in [0.29, 0.717) is 23.4 Å². The summed E-state index contributed by atoms with van der Waals surface area (Å²) in [5.74, 6) is -0.384. The Morgan fingerprint density at radius 3 is 2.40 bits per heavy atom. The highest BCUT2D eigenvalue weighted by Crippen LogP contribution is 2.20. The van der Waals surface area contributed by atoms with E-state index in [1.54, 1.807) is 11.8 Å². The van der Waals surface area contributed by atoms with Crippen LogP contribution in [0.3, 0.4) is 0 Å². The third-order valence-corrected chi connectivity index (χ3v) is 4.91. The highest BCUT2D eigenvalue weighted by Gasteiger charge is 2.21. The van der Waals surface area contributed by atoms with Gasteiger partial charge in [0.1, 0.15) is 18.2 Å². The second-order valence-electron chi connectivity index (χ2n) is 6.84. The van der Waals surface area contributed by atoms with Gasteiger partial charge in [-0.3, -0.25) is 14.2 Å². The van der Waals surface area contributed by atoms with Crippen molar-refractivity contribution in [1.29, 1.82) is 0 Å². The van der Waals surface area contributed by atoms with Crippen LogP contribution in [0.2, 0.25) is 0 Å². The van der Waals surface area contributed by atoms with Crippen molar-refractivity contribution in [2.45, 2.75) is 26.8 Å². The molecule has 3 aromatic rings. The number of hydrogen-bond donors (Lipinski definition) is 1. The molecule has 0 unspecified atom stereocenters. The Hall–Kier alpha value is -3.32. The van der Waals surface area contributed by atoms with Crippen LogP contribution in [0.1, 0.15) is 18.2 Å². The summed E-state index contributed by atoms with van der Waals surface area (Å²) >= 11 is 0. The van der Waals surface area contributed by atoms with Gasteiger partial charge in [-0.05, 0) is 50.2 Å². The molecule has 3 rings (SSSR count). The van der Waals surface area contributed by atoms with E-state index in [2.05, 4.69) is 4.98 Å². The minimum absolute atomic E-state index is 0.145. The van der Waals surface area contributed by atoms with Crippen LogP contribution in [0.25, 0.3) is 11.4 Å². The molecule has 30 heavy (non-hydrogen) atoms. The molecule has 0 aliphatic heterocycles. The van der Waals surface area contributed by atoms with Crippen LogP contribution in [0.5, 0.6) is 0 Å². The van der Waals surface area contributed by atoms with E-state index in [4.69, 9.17) is 0 Å². The third-order valence-electron chi connectivity index (χ3n) is 4.91. The maximum Gasteiger partial charge on any atom is 0.257 e. The second-order valence-corrected chi connectivity index (χ2v) is 6.84. The standard InChI is InChI=1S/C23H24FN3O3/c1-3-26(19-7-5-4-6-8-19)21(29)15-27-22(17-9-11-18(24)12-10-17)25-16(2)20(13-14-28)23(27)30/h4-12,28H,3,13-15H2,1-2H3. The molecule has 2 aromatic carbocycles. The number of carbonyl (C=O) groups excluding carboxylic acids is 1. The summed E-state index contributed by atoms with van der Waals surface area (Å²) < 4.78 is 14.7. The lowest BCUT2D eigenvalue weighted by Crippen LogP contribution is -2.38. The minimum Gasteiger partial charge on any atom is -0.396 e. The summed E-state index contributed by atoms with van der Waals surface area (Å²) in [4.78, 5) is 32.4. The van der Waals surface area contributed by atoms with Crippen molar-refractivity contribution in [3.05, 3.63) is 82.0 Å². The van der Waals surface area contributed by atoms with E-state index >= 15 is 0 Å². The predicted octanol–water partition coefficient (Wildman–Crippen LogP) is 2.95. The van der Waals surface area contributed by atoms with Gasteiger partial charge >= 0.3 is 0 Å². The first-order valence-electron chi connectivity index (χ1n) is 9.78. The number of benzene rings is 2. The summed E-state index contributed by atoms with van der Waals surface area (Å²) in [6.45, 7) is 3.56. The Balaban J connectivity index is 2.09. The zero-order chi connectivity index (χ0) is 21.7. The first-order chi connectivity index (χ1) is 14.5. The number of para-hydroxylation sites is 1. The number of aromatic nitrogens is 2. The first kappa shape index (κ1) is 21.4. The molecular formula is C23H24FN3O3. The number of aryl methyl sites for hydroxylation is 1. The van der Waals surface area contributed by atoms with Crippen LogP contribution in [-0.4, -0.2) is 33.7 Å². The van der Waals surface area contributed by atoms with Gasteiger partial charge in [0.25, 0.3) is 5.56 Å². The second kappa shape index (κ2) is 9.45. The number of anilines is 1. The highest BCUT2D eigenvalue weighted by molar-refractivity contribution is 5.93. The number of nitrogens with zero attached hydrogens (tertiary/aromatic N) is 3. The summed E-state index contributed by atoms with van der Waals surface area (Å²) in [7, 11) is 0. The fourth-order valence-electron chi connectivity index (χ4n) is 3.40. The van der Waals surface area contributed by atoms with Gasteiger partial charge in [-0.2, -0.15) is 0 Å². The summed E-state index contributed by atoms with van der Waals surface area (Å²) in [5.41, 5.74) is 1.72. The van der Waals surface area contributed by atoms with E-state index in [1.165, 1.54) is 28.8 Å². The number of likely N-dealkylation sites (N-methyl/N-ethyl adjacent to an activating group) is 1. The van der Waals surface area contributed by atoms with Crippen molar-refractivity contribution in [2.75, 3.05) is 18.1 Å². The number of amides is 1. The molecule has 156 valence electrons. The van der Waals surface area contributed by atoms with Crippen molar-refractivity contribution < 1.29 is 14.3 Å². The third kappa shape index (κ3) is 4.46. The zero-order valence-electron chi connectivity index (χ0n) is 17.0. The van der Waals surface area contributed by atoms with Crippen LogP contribution in [0, 0.1) is 12.7 Å². The molecule has 0 fully saturated rings. The molecule has 0 aliphatic carbocycles. The molecule has 0 radical (unpaired) electrons. The summed E-state index contributed by atoms with van der Waals surface area (Å²) in [5, 5.41) is 9.34. The van der Waals surface area contributed by atoms with E-state index in [-0.39, 0.29) is 36.9 Å². The van der Waals surface area contributed by atoms with Gasteiger partial charge in [-0.25, -0.2) is 9.37 Å². The number of rotatable bonds is 7. The summed E-state index contributed by atoms with van der Waals surface area (Å²) in [6, 6.07) is 14.8. The Kier molecular flexibility index (Phi) is 6.74. The van der Waals surface area contributed by atoms with Crippen LogP contribution < -0.4 is 10.5 Å². The molecule has 0 atom stereocenters. The lowest BCUT2D eigenvalue weighted by molar-refractivity contribution is -0.119. The molecule has 0 saturated heterocycles. The SMILES string of the molecule is CCN(C(=O)Cn1c(-c2ccc(F)cc2)nc(C)c(CCO)c1=O)c1ccccc1. The lowest BCUT2D eigenvalue weighted by Gasteiger charge is -2.23. The molecule has 1 heterocycles. The van der Waals surface area contributed by atoms with Crippen molar-refractivity contribution >= 4 is 11.6 Å². The molecular weight excluding hydrogens is 385 g/mol. The van der Waals surface area contributed by atoms with Crippen LogP contribution in [0.4, 0.5) is 10.1 Å². The molecule has 0 bridgehead atoms. The Morgan fingerprint density at radius 2 is 1.80 bits per heavy atom. The van der Waals surface area contributed by atoms with Gasteiger partial charge in [0.2, 0.25) is 5.91 Å². The predicted molar refractivity (Wildman–Crippen MR) is 114 cm³/mol. The van der Waals surface area contributed by atoms with Crippen molar-refractivity contribution in [1.82, 2.24) is 9.55 Å². The monoisotopic (exact) mass is 409 g/mol. The Morgan fingerprint density at radius 1 is 1.13 bits per heavy atom. The average molecular weight is 409 g/mol. The largest absolute Gasteiger partial charge is 0.396 e. The molecule has 1 N–H and O–H groups in total. The van der Waals surface area contributed by atoms with E-state index in [0.717, 1.165) is 5.69 Å². The normalized spacial score (nSPS) is 10.8. The zero-order valence-corrected chi connectivity index (χ0v) is 17.0. The highest BCUT2D eigenvalue weighted by atomic mass is 19.1. The van der Waals surface area contributed by atoms with Gasteiger partial charge in [0, 0.05) is 42.1 Å². The minimum atomic E-state index is -0.404. The fraction of sp³-hybridized carbons (Fsp3) is 0.261. The number of hydrogen-bond acceptors (Lipinski definition) is 4. The lowest BCUT2D eigenvalue weighted by atomic mass is 10.1. The maximum absolute atomic E-state index is 13.4. The van der Waals surface area contributed by atoms with Gasteiger partial charge in [-0.15, -0.1) is 0 Å². The molecule has 1 amide bonds. The van der Waals surface area contributed by atoms with Gasteiger partial charge < -0.3 is 10.0 Å². The topological polar surface area (TPSA) is 75.4 Å². The van der Waals surface area contributed by atoms with Crippen LogP contribution >= 0.6 is 0 Å². The van der Waals surface area contributed by atoms with Gasteiger partial charge in [0.15, 0.2) is 0 Å². The van der Waals surface area contributed by atoms with Crippen molar-refractivity contribution in [3.63, 3.8) is 0 Å². The van der Waals surface area contributed by atoms with Crippen LogP contribution in [0.15, 0.2) is 59.4 Å². The number of carbonyl (C=O) groups is 1. The van der Waals surface area contributed by atoms with Crippen molar-refractivity contribution in [3.8, 4) is 11.4 Å². The van der Waals surface area contributed by atoms with Gasteiger partial charge in [-0.1, -0.05) is 18.2 Å². The van der Waals surface area contributed by atoms with Crippen molar-refractivity contribution in [2.24, 2.45) is 0 Å². The molecule has 0 spiro atoms. The molecule has 0 aliphatic rings. The molecule has 7 heteroatoms.